The van der Waals surface area contributed by atoms with Crippen LogP contribution in [0.4, 0.5) is 5.69 Å². The van der Waals surface area contributed by atoms with Crippen LogP contribution < -0.4 is 5.32 Å². The van der Waals surface area contributed by atoms with Crippen molar-refractivity contribution in [3.05, 3.63) is 65.2 Å². The van der Waals surface area contributed by atoms with E-state index in [9.17, 15) is 4.79 Å². The largest absolute Gasteiger partial charge is 0.325 e. The van der Waals surface area contributed by atoms with E-state index in [1.54, 1.807) is 11.8 Å². The number of aryl methyl sites for hydroxylation is 1. The number of carbonyl (C=O) groups excluding carboxylic acids is 1. The second kappa shape index (κ2) is 8.04. The number of benzene rings is 2. The summed E-state index contributed by atoms with van der Waals surface area (Å²) in [5.41, 5.74) is 4.54. The molecule has 1 amide bonds. The van der Waals surface area contributed by atoms with Gasteiger partial charge >= 0.3 is 0 Å². The first-order chi connectivity index (χ1) is 10.6. The molecule has 1 N–H and O–H groups in total. The molecule has 0 aliphatic heterocycles. The summed E-state index contributed by atoms with van der Waals surface area (Å²) in [5.74, 6) is 1.80. The lowest BCUT2D eigenvalue weighted by atomic mass is 9.98. The fourth-order valence-electron chi connectivity index (χ4n) is 2.35. The van der Waals surface area contributed by atoms with Crippen molar-refractivity contribution in [3.8, 4) is 0 Å². The first-order valence-electron chi connectivity index (χ1n) is 7.59. The number of amides is 1. The standard InChI is InChI=1S/C19H23NOS/c1-14(2)17-11-7-8-15(3)19(17)20-18(21)13-22-12-16-9-5-4-6-10-16/h4-11,14H,12-13H2,1-3H3,(H,20,21). The van der Waals surface area contributed by atoms with Gasteiger partial charge in [-0.3, -0.25) is 4.79 Å². The average molecular weight is 313 g/mol. The Morgan fingerprint density at radius 2 is 1.82 bits per heavy atom. The van der Waals surface area contributed by atoms with Crippen molar-refractivity contribution in [2.45, 2.75) is 32.4 Å². The van der Waals surface area contributed by atoms with E-state index in [1.165, 1.54) is 11.1 Å². The van der Waals surface area contributed by atoms with Crippen molar-refractivity contribution in [2.24, 2.45) is 0 Å². The van der Waals surface area contributed by atoms with Gasteiger partial charge in [0.05, 0.1) is 5.75 Å². The molecule has 0 saturated carbocycles. The normalized spacial score (nSPS) is 10.7. The summed E-state index contributed by atoms with van der Waals surface area (Å²) in [6, 6.07) is 16.4. The van der Waals surface area contributed by atoms with Crippen LogP contribution in [0, 0.1) is 6.92 Å². The molecular weight excluding hydrogens is 290 g/mol. The van der Waals surface area contributed by atoms with E-state index in [-0.39, 0.29) is 5.91 Å². The Hall–Kier alpha value is -1.74. The molecule has 2 nitrogen and oxygen atoms in total. The van der Waals surface area contributed by atoms with E-state index in [0.29, 0.717) is 11.7 Å². The van der Waals surface area contributed by atoms with Crippen LogP contribution in [0.2, 0.25) is 0 Å². The molecule has 0 aromatic heterocycles. The van der Waals surface area contributed by atoms with Crippen LogP contribution >= 0.6 is 11.8 Å². The first kappa shape index (κ1) is 16.6. The summed E-state index contributed by atoms with van der Waals surface area (Å²) >= 11 is 1.64. The molecule has 22 heavy (non-hydrogen) atoms. The highest BCUT2D eigenvalue weighted by atomic mass is 32.2. The Morgan fingerprint density at radius 3 is 2.50 bits per heavy atom. The van der Waals surface area contributed by atoms with Crippen LogP contribution in [0.15, 0.2) is 48.5 Å². The SMILES string of the molecule is Cc1cccc(C(C)C)c1NC(=O)CSCc1ccccc1. The van der Waals surface area contributed by atoms with Crippen molar-refractivity contribution in [2.75, 3.05) is 11.1 Å². The maximum atomic E-state index is 12.2. The summed E-state index contributed by atoms with van der Waals surface area (Å²) in [6.07, 6.45) is 0. The summed E-state index contributed by atoms with van der Waals surface area (Å²) in [6.45, 7) is 6.34. The van der Waals surface area contributed by atoms with Gasteiger partial charge in [-0.15, -0.1) is 11.8 Å². The summed E-state index contributed by atoms with van der Waals surface area (Å²) < 4.78 is 0. The number of para-hydroxylation sites is 1. The molecule has 2 rings (SSSR count). The molecule has 0 heterocycles. The van der Waals surface area contributed by atoms with Gasteiger partial charge in [0.1, 0.15) is 0 Å². The predicted octanol–water partition coefficient (Wildman–Crippen LogP) is 4.99. The van der Waals surface area contributed by atoms with Gasteiger partial charge in [-0.25, -0.2) is 0 Å². The van der Waals surface area contributed by atoms with E-state index < -0.39 is 0 Å². The van der Waals surface area contributed by atoms with Gasteiger partial charge in [0.2, 0.25) is 5.91 Å². The maximum absolute atomic E-state index is 12.2. The molecule has 2 aromatic carbocycles. The monoisotopic (exact) mass is 313 g/mol. The Bertz CT molecular complexity index is 623. The highest BCUT2D eigenvalue weighted by Gasteiger charge is 2.11. The quantitative estimate of drug-likeness (QED) is 0.814. The molecule has 0 atom stereocenters. The van der Waals surface area contributed by atoms with E-state index in [2.05, 4.69) is 37.4 Å². The van der Waals surface area contributed by atoms with Crippen molar-refractivity contribution >= 4 is 23.4 Å². The van der Waals surface area contributed by atoms with Crippen molar-refractivity contribution in [1.82, 2.24) is 0 Å². The zero-order valence-corrected chi connectivity index (χ0v) is 14.2. The number of thioether (sulfide) groups is 1. The number of carbonyl (C=O) groups is 1. The second-order valence-electron chi connectivity index (χ2n) is 5.72. The third-order valence-corrected chi connectivity index (χ3v) is 4.54. The van der Waals surface area contributed by atoms with Gasteiger partial charge in [-0.2, -0.15) is 0 Å². The van der Waals surface area contributed by atoms with Crippen molar-refractivity contribution in [3.63, 3.8) is 0 Å². The van der Waals surface area contributed by atoms with E-state index in [0.717, 1.165) is 17.0 Å². The summed E-state index contributed by atoms with van der Waals surface area (Å²) in [5, 5.41) is 3.09. The predicted molar refractivity (Wildman–Crippen MR) is 96.5 cm³/mol. The number of anilines is 1. The average Bonchev–Trinajstić information content (AvgIpc) is 2.50. The molecule has 3 heteroatoms. The minimum Gasteiger partial charge on any atom is -0.325 e. The second-order valence-corrected chi connectivity index (χ2v) is 6.71. The van der Waals surface area contributed by atoms with E-state index in [1.807, 2.05) is 37.3 Å². The maximum Gasteiger partial charge on any atom is 0.234 e. The van der Waals surface area contributed by atoms with Crippen LogP contribution in [-0.4, -0.2) is 11.7 Å². The Kier molecular flexibility index (Phi) is 6.08. The topological polar surface area (TPSA) is 29.1 Å². The fourth-order valence-corrected chi connectivity index (χ4v) is 3.14. The minimum absolute atomic E-state index is 0.0668. The van der Waals surface area contributed by atoms with Gasteiger partial charge in [-0.05, 0) is 29.5 Å². The Balaban J connectivity index is 1.92. The number of nitrogens with one attached hydrogen (secondary N) is 1. The Morgan fingerprint density at radius 1 is 1.09 bits per heavy atom. The van der Waals surface area contributed by atoms with Crippen molar-refractivity contribution in [1.29, 1.82) is 0 Å². The lowest BCUT2D eigenvalue weighted by Crippen LogP contribution is -2.16. The number of rotatable bonds is 6. The molecule has 0 spiro atoms. The van der Waals surface area contributed by atoms with E-state index in [4.69, 9.17) is 0 Å². The van der Waals surface area contributed by atoms with Crippen LogP contribution in [0.5, 0.6) is 0 Å². The molecule has 0 unspecified atom stereocenters. The summed E-state index contributed by atoms with van der Waals surface area (Å²) in [4.78, 5) is 12.2. The highest BCUT2D eigenvalue weighted by molar-refractivity contribution is 7.99. The van der Waals surface area contributed by atoms with Crippen LogP contribution in [0.25, 0.3) is 0 Å². The lowest BCUT2D eigenvalue weighted by Gasteiger charge is -2.16. The molecule has 0 fully saturated rings. The lowest BCUT2D eigenvalue weighted by molar-refractivity contribution is -0.113. The van der Waals surface area contributed by atoms with E-state index >= 15 is 0 Å². The van der Waals surface area contributed by atoms with Crippen molar-refractivity contribution < 1.29 is 4.79 Å². The van der Waals surface area contributed by atoms with Crippen LogP contribution in [0.3, 0.4) is 0 Å². The molecule has 116 valence electrons. The zero-order valence-electron chi connectivity index (χ0n) is 13.4. The molecule has 2 aromatic rings. The first-order valence-corrected chi connectivity index (χ1v) is 8.74. The fraction of sp³-hybridized carbons (Fsp3) is 0.316. The van der Waals surface area contributed by atoms with Gasteiger partial charge in [0, 0.05) is 11.4 Å². The van der Waals surface area contributed by atoms with Gasteiger partial charge in [0.25, 0.3) is 0 Å². The molecule has 0 aliphatic rings. The zero-order chi connectivity index (χ0) is 15.9. The van der Waals surface area contributed by atoms with Gasteiger partial charge in [0.15, 0.2) is 0 Å². The van der Waals surface area contributed by atoms with Gasteiger partial charge in [-0.1, -0.05) is 62.4 Å². The molecule has 0 bridgehead atoms. The molecule has 0 saturated heterocycles. The third kappa shape index (κ3) is 4.63. The molecule has 0 aliphatic carbocycles. The Labute approximate surface area is 137 Å². The van der Waals surface area contributed by atoms with Crippen LogP contribution in [0.1, 0.15) is 36.5 Å². The third-order valence-electron chi connectivity index (χ3n) is 3.54. The smallest absolute Gasteiger partial charge is 0.234 e. The minimum atomic E-state index is 0.0668. The highest BCUT2D eigenvalue weighted by Crippen LogP contribution is 2.27. The molecular formula is C19H23NOS. The number of hydrogen-bond donors (Lipinski definition) is 1. The van der Waals surface area contributed by atoms with Gasteiger partial charge < -0.3 is 5.32 Å². The number of hydrogen-bond acceptors (Lipinski definition) is 2. The molecule has 0 radical (unpaired) electrons. The summed E-state index contributed by atoms with van der Waals surface area (Å²) in [7, 11) is 0. The van der Waals surface area contributed by atoms with Crippen LogP contribution in [-0.2, 0) is 10.5 Å².